The molecule has 0 aromatic carbocycles. The van der Waals surface area contributed by atoms with Gasteiger partial charge in [-0.15, -0.1) is 0 Å². The fourth-order valence-corrected chi connectivity index (χ4v) is 3.72. The highest BCUT2D eigenvalue weighted by atomic mass is 35.5. The molecule has 0 amide bonds. The molecule has 0 radical (unpaired) electrons. The van der Waals surface area contributed by atoms with Gasteiger partial charge in [-0.1, -0.05) is 38.3 Å². The summed E-state index contributed by atoms with van der Waals surface area (Å²) in [7, 11) is 2.07. The van der Waals surface area contributed by atoms with Crippen molar-refractivity contribution in [2.45, 2.75) is 52.0 Å². The molecule has 1 heterocycles. The van der Waals surface area contributed by atoms with Crippen molar-refractivity contribution >= 4 is 11.6 Å². The molecule has 2 atom stereocenters. The Morgan fingerprint density at radius 1 is 1.47 bits per heavy atom. The SMILES string of the molecule is CNC(Cc1ccncc1Cl)C1CCCCC1(C)C. The van der Waals surface area contributed by atoms with Crippen molar-refractivity contribution in [2.75, 3.05) is 7.05 Å². The van der Waals surface area contributed by atoms with E-state index in [9.17, 15) is 0 Å². The third-order valence-electron chi connectivity index (χ3n) is 4.74. The first-order valence-corrected chi connectivity index (χ1v) is 7.68. The van der Waals surface area contributed by atoms with E-state index in [4.69, 9.17) is 11.6 Å². The summed E-state index contributed by atoms with van der Waals surface area (Å²) in [6, 6.07) is 2.54. The molecule has 3 heteroatoms. The molecule has 1 aliphatic carbocycles. The molecule has 1 aliphatic rings. The number of pyridine rings is 1. The van der Waals surface area contributed by atoms with Gasteiger partial charge in [0, 0.05) is 18.4 Å². The molecule has 2 rings (SSSR count). The maximum Gasteiger partial charge on any atom is 0.0621 e. The molecule has 1 aromatic rings. The minimum atomic E-state index is 0.422. The van der Waals surface area contributed by atoms with Gasteiger partial charge < -0.3 is 5.32 Å². The highest BCUT2D eigenvalue weighted by Gasteiger charge is 2.36. The summed E-state index contributed by atoms with van der Waals surface area (Å²) in [6.45, 7) is 4.82. The Labute approximate surface area is 122 Å². The lowest BCUT2D eigenvalue weighted by Gasteiger charge is -2.43. The molecule has 2 unspecified atom stereocenters. The highest BCUT2D eigenvalue weighted by molar-refractivity contribution is 6.31. The van der Waals surface area contributed by atoms with Gasteiger partial charge in [0.05, 0.1) is 5.02 Å². The molecule has 0 bridgehead atoms. The van der Waals surface area contributed by atoms with E-state index < -0.39 is 0 Å². The van der Waals surface area contributed by atoms with E-state index in [0.717, 1.165) is 17.4 Å². The number of hydrogen-bond donors (Lipinski definition) is 1. The quantitative estimate of drug-likeness (QED) is 0.899. The zero-order valence-electron chi connectivity index (χ0n) is 12.2. The fourth-order valence-electron chi connectivity index (χ4n) is 3.52. The van der Waals surface area contributed by atoms with Gasteiger partial charge in [0.25, 0.3) is 0 Å². The minimum absolute atomic E-state index is 0.422. The molecule has 1 saturated carbocycles. The van der Waals surface area contributed by atoms with Gasteiger partial charge in [-0.3, -0.25) is 4.98 Å². The first-order valence-electron chi connectivity index (χ1n) is 7.30. The molecule has 19 heavy (non-hydrogen) atoms. The molecule has 1 fully saturated rings. The van der Waals surface area contributed by atoms with Crippen LogP contribution in [0.25, 0.3) is 0 Å². The molecule has 0 aliphatic heterocycles. The van der Waals surface area contributed by atoms with Crippen LogP contribution in [0.2, 0.25) is 5.02 Å². The van der Waals surface area contributed by atoms with Crippen LogP contribution in [-0.4, -0.2) is 18.1 Å². The summed E-state index contributed by atoms with van der Waals surface area (Å²) in [5, 5.41) is 4.31. The van der Waals surface area contributed by atoms with Crippen molar-refractivity contribution in [3.05, 3.63) is 29.0 Å². The molecule has 2 nitrogen and oxygen atoms in total. The zero-order chi connectivity index (χ0) is 13.9. The Kier molecular flexibility index (Phi) is 4.86. The van der Waals surface area contributed by atoms with Crippen LogP contribution in [0.5, 0.6) is 0 Å². The van der Waals surface area contributed by atoms with E-state index in [1.165, 1.54) is 31.2 Å². The first-order chi connectivity index (χ1) is 9.04. The van der Waals surface area contributed by atoms with Crippen LogP contribution >= 0.6 is 11.6 Å². The predicted octanol–water partition coefficient (Wildman–Crippen LogP) is 4.08. The standard InChI is InChI=1S/C16H25ClN2/c1-16(2)8-5-4-6-13(16)15(18-3)10-12-7-9-19-11-14(12)17/h7,9,11,13,15,18H,4-6,8,10H2,1-3H3. The average molecular weight is 281 g/mol. The van der Waals surface area contributed by atoms with Gasteiger partial charge in [0.1, 0.15) is 0 Å². The molecule has 1 aromatic heterocycles. The van der Waals surface area contributed by atoms with Crippen molar-refractivity contribution in [3.8, 4) is 0 Å². The number of hydrogen-bond acceptors (Lipinski definition) is 2. The number of nitrogens with one attached hydrogen (secondary N) is 1. The van der Waals surface area contributed by atoms with Gasteiger partial charge in [-0.25, -0.2) is 0 Å². The predicted molar refractivity (Wildman–Crippen MR) is 81.5 cm³/mol. The van der Waals surface area contributed by atoms with Crippen LogP contribution < -0.4 is 5.32 Å². The summed E-state index contributed by atoms with van der Waals surface area (Å²) in [6.07, 6.45) is 9.95. The number of aromatic nitrogens is 1. The zero-order valence-corrected chi connectivity index (χ0v) is 13.0. The maximum absolute atomic E-state index is 6.25. The van der Waals surface area contributed by atoms with Gasteiger partial charge in [0.2, 0.25) is 0 Å². The van der Waals surface area contributed by atoms with Crippen LogP contribution in [-0.2, 0) is 6.42 Å². The van der Waals surface area contributed by atoms with Gasteiger partial charge >= 0.3 is 0 Å². The van der Waals surface area contributed by atoms with Gasteiger partial charge in [-0.05, 0) is 49.3 Å². The monoisotopic (exact) mass is 280 g/mol. The average Bonchev–Trinajstić information content (AvgIpc) is 2.38. The lowest BCUT2D eigenvalue weighted by molar-refractivity contribution is 0.101. The molecule has 106 valence electrons. The molecular weight excluding hydrogens is 256 g/mol. The smallest absolute Gasteiger partial charge is 0.0621 e. The maximum atomic E-state index is 6.25. The Bertz CT molecular complexity index is 417. The molecule has 1 N–H and O–H groups in total. The second-order valence-electron chi connectivity index (χ2n) is 6.41. The highest BCUT2D eigenvalue weighted by Crippen LogP contribution is 2.43. The van der Waals surface area contributed by atoms with E-state index in [0.29, 0.717) is 11.5 Å². The van der Waals surface area contributed by atoms with Crippen LogP contribution in [0.15, 0.2) is 18.5 Å². The van der Waals surface area contributed by atoms with Crippen LogP contribution in [0, 0.1) is 11.3 Å². The largest absolute Gasteiger partial charge is 0.316 e. The van der Waals surface area contributed by atoms with Crippen molar-refractivity contribution in [1.82, 2.24) is 10.3 Å². The van der Waals surface area contributed by atoms with Crippen molar-refractivity contribution in [2.24, 2.45) is 11.3 Å². The normalized spacial score (nSPS) is 24.1. The van der Waals surface area contributed by atoms with E-state index in [-0.39, 0.29) is 0 Å². The number of likely N-dealkylation sites (N-methyl/N-ethyl adjacent to an activating group) is 1. The second-order valence-corrected chi connectivity index (χ2v) is 6.81. The van der Waals surface area contributed by atoms with Crippen molar-refractivity contribution in [1.29, 1.82) is 0 Å². The number of rotatable bonds is 4. The van der Waals surface area contributed by atoms with Crippen LogP contribution in [0.1, 0.15) is 45.1 Å². The van der Waals surface area contributed by atoms with Crippen molar-refractivity contribution in [3.63, 3.8) is 0 Å². The first kappa shape index (κ1) is 14.8. The minimum Gasteiger partial charge on any atom is -0.316 e. The second kappa shape index (κ2) is 6.23. The van der Waals surface area contributed by atoms with Crippen molar-refractivity contribution < 1.29 is 0 Å². The fraction of sp³-hybridized carbons (Fsp3) is 0.688. The Hall–Kier alpha value is -0.600. The Balaban J connectivity index is 2.14. The van der Waals surface area contributed by atoms with Crippen LogP contribution in [0.4, 0.5) is 0 Å². The summed E-state index contributed by atoms with van der Waals surface area (Å²) >= 11 is 6.25. The summed E-state index contributed by atoms with van der Waals surface area (Å²) < 4.78 is 0. The third kappa shape index (κ3) is 3.49. The molecule has 0 spiro atoms. The van der Waals surface area contributed by atoms with E-state index >= 15 is 0 Å². The van der Waals surface area contributed by atoms with E-state index in [2.05, 4.69) is 31.2 Å². The number of halogens is 1. The molecular formula is C16H25ClN2. The Morgan fingerprint density at radius 3 is 2.89 bits per heavy atom. The lowest BCUT2D eigenvalue weighted by Crippen LogP contribution is -2.44. The van der Waals surface area contributed by atoms with Gasteiger partial charge in [0.15, 0.2) is 0 Å². The third-order valence-corrected chi connectivity index (χ3v) is 5.08. The lowest BCUT2D eigenvalue weighted by atomic mass is 9.65. The van der Waals surface area contributed by atoms with Crippen LogP contribution in [0.3, 0.4) is 0 Å². The van der Waals surface area contributed by atoms with E-state index in [1.54, 1.807) is 6.20 Å². The topological polar surface area (TPSA) is 24.9 Å². The van der Waals surface area contributed by atoms with Gasteiger partial charge in [-0.2, -0.15) is 0 Å². The van der Waals surface area contributed by atoms with E-state index in [1.807, 2.05) is 12.3 Å². The summed E-state index contributed by atoms with van der Waals surface area (Å²) in [4.78, 5) is 4.07. The Morgan fingerprint density at radius 2 is 2.26 bits per heavy atom. The summed E-state index contributed by atoms with van der Waals surface area (Å²) in [5.74, 6) is 0.718. The molecule has 0 saturated heterocycles. The number of nitrogens with zero attached hydrogens (tertiary/aromatic N) is 1. The summed E-state index contributed by atoms with van der Waals surface area (Å²) in [5.41, 5.74) is 1.63.